The van der Waals surface area contributed by atoms with E-state index < -0.39 is 5.41 Å². The maximum Gasteiger partial charge on any atom is 0.135 e. The third-order valence-electron chi connectivity index (χ3n) is 12.3. The monoisotopic (exact) mass is 710 g/mol. The first-order valence-corrected chi connectivity index (χ1v) is 19.4. The summed E-state index contributed by atoms with van der Waals surface area (Å²) in [5, 5.41) is 7.41. The Morgan fingerprint density at radius 3 is 1.80 bits per heavy atom. The van der Waals surface area contributed by atoms with Gasteiger partial charge in [-0.3, -0.25) is 0 Å². The van der Waals surface area contributed by atoms with Gasteiger partial charge in [0.1, 0.15) is 11.5 Å². The van der Waals surface area contributed by atoms with Gasteiger partial charge in [-0.2, -0.15) is 0 Å². The van der Waals surface area contributed by atoms with Crippen molar-refractivity contribution in [1.29, 1.82) is 0 Å². The predicted octanol–water partition coefficient (Wildman–Crippen LogP) is 14.6. The van der Waals surface area contributed by atoms with Crippen molar-refractivity contribution in [3.8, 4) is 56.0 Å². The summed E-state index contributed by atoms with van der Waals surface area (Å²) >= 11 is 0. The lowest BCUT2D eigenvalue weighted by atomic mass is 9.67. The van der Waals surface area contributed by atoms with Crippen molar-refractivity contribution >= 4 is 32.3 Å². The summed E-state index contributed by atoms with van der Waals surface area (Å²) in [5.74, 6) is 1.81. The maximum atomic E-state index is 6.51. The van der Waals surface area contributed by atoms with Gasteiger partial charge in [-0.15, -0.1) is 0 Å². The van der Waals surface area contributed by atoms with Gasteiger partial charge in [-0.1, -0.05) is 176 Å². The molecule has 1 aliphatic carbocycles. The van der Waals surface area contributed by atoms with Gasteiger partial charge in [0.05, 0.1) is 5.41 Å². The Hall–Kier alpha value is -7.22. The highest BCUT2D eigenvalue weighted by Gasteiger charge is 2.47. The summed E-state index contributed by atoms with van der Waals surface area (Å²) in [7, 11) is 0. The summed E-state index contributed by atoms with van der Waals surface area (Å²) in [5.41, 5.74) is 14.4. The number of hydrogen-bond donors (Lipinski definition) is 0. The average Bonchev–Trinajstić information content (AvgIpc) is 3.57. The topological polar surface area (TPSA) is 9.23 Å². The van der Waals surface area contributed by atoms with Crippen molar-refractivity contribution in [3.05, 3.63) is 229 Å². The fourth-order valence-corrected chi connectivity index (χ4v) is 9.87. The molecular formula is C55H34O. The highest BCUT2D eigenvalue weighted by Crippen LogP contribution is 2.59. The van der Waals surface area contributed by atoms with E-state index in [0.29, 0.717) is 0 Å². The van der Waals surface area contributed by atoms with E-state index >= 15 is 0 Å². The molecule has 0 aromatic heterocycles. The van der Waals surface area contributed by atoms with E-state index in [1.54, 1.807) is 0 Å². The predicted molar refractivity (Wildman–Crippen MR) is 233 cm³/mol. The van der Waals surface area contributed by atoms with Crippen molar-refractivity contribution < 1.29 is 4.74 Å². The Balaban J connectivity index is 1.12. The average molecular weight is 711 g/mol. The van der Waals surface area contributed by atoms with Gasteiger partial charge in [-0.25, -0.2) is 0 Å². The van der Waals surface area contributed by atoms with Crippen molar-refractivity contribution in [1.82, 2.24) is 0 Å². The van der Waals surface area contributed by atoms with Crippen LogP contribution in [-0.2, 0) is 5.41 Å². The molecule has 1 nitrogen and oxygen atoms in total. The smallest absolute Gasteiger partial charge is 0.135 e. The fourth-order valence-electron chi connectivity index (χ4n) is 9.87. The van der Waals surface area contributed by atoms with E-state index in [1.807, 2.05) is 0 Å². The van der Waals surface area contributed by atoms with E-state index in [1.165, 1.54) is 93.5 Å². The zero-order chi connectivity index (χ0) is 36.8. The molecule has 0 radical (unpaired) electrons. The van der Waals surface area contributed by atoms with Crippen LogP contribution in [-0.4, -0.2) is 0 Å². The van der Waals surface area contributed by atoms with Crippen LogP contribution in [0, 0.1) is 0 Å². The molecule has 0 spiro atoms. The Morgan fingerprint density at radius 1 is 0.321 bits per heavy atom. The number of ether oxygens (including phenoxy) is 1. The summed E-state index contributed by atoms with van der Waals surface area (Å²) in [4.78, 5) is 0. The quantitative estimate of drug-likeness (QED) is 0.177. The molecule has 0 saturated carbocycles. The van der Waals surface area contributed by atoms with Crippen LogP contribution in [0.1, 0.15) is 22.3 Å². The Labute approximate surface area is 325 Å². The Bertz CT molecular complexity index is 3170. The standard InChI is InChI=1S/C55H34O/c1-3-16-41(17-4-1)55(42-18-5-2-6-19-42)49-30-29-44-43(40-25-24-35-12-7-8-13-37(35)32-40)20-11-22-45(44)54(49)47-28-26-39(34-50(47)55)38-27-31-51-48(33-38)46-21-9-14-36-15-10-23-52(56-51)53(36)46/h1-34H. The molecule has 0 N–H and O–H groups in total. The van der Waals surface area contributed by atoms with Crippen LogP contribution in [0.25, 0.3) is 76.8 Å². The zero-order valence-corrected chi connectivity index (χ0v) is 30.5. The molecule has 10 aromatic carbocycles. The Kier molecular flexibility index (Phi) is 6.62. The molecule has 0 unspecified atom stereocenters. The first-order valence-electron chi connectivity index (χ1n) is 19.4. The third kappa shape index (κ3) is 4.37. The molecule has 0 atom stereocenters. The van der Waals surface area contributed by atoms with Crippen molar-refractivity contribution in [2.75, 3.05) is 0 Å². The second-order valence-electron chi connectivity index (χ2n) is 15.2. The van der Waals surface area contributed by atoms with E-state index in [4.69, 9.17) is 4.74 Å². The highest BCUT2D eigenvalue weighted by atomic mass is 16.5. The van der Waals surface area contributed by atoms with E-state index in [-0.39, 0.29) is 0 Å². The first kappa shape index (κ1) is 31.2. The van der Waals surface area contributed by atoms with Crippen LogP contribution in [0.4, 0.5) is 0 Å². The Morgan fingerprint density at radius 2 is 0.982 bits per heavy atom. The van der Waals surface area contributed by atoms with Gasteiger partial charge in [0.2, 0.25) is 0 Å². The number of hydrogen-bond acceptors (Lipinski definition) is 1. The van der Waals surface area contributed by atoms with Gasteiger partial charge in [-0.05, 0) is 118 Å². The highest BCUT2D eigenvalue weighted by molar-refractivity contribution is 6.10. The molecule has 260 valence electrons. The second-order valence-corrected chi connectivity index (χ2v) is 15.2. The molecule has 1 aliphatic heterocycles. The number of rotatable bonds is 4. The molecule has 10 aromatic rings. The molecule has 12 rings (SSSR count). The molecule has 56 heavy (non-hydrogen) atoms. The second kappa shape index (κ2) is 11.9. The minimum absolute atomic E-state index is 0.530. The van der Waals surface area contributed by atoms with Crippen LogP contribution in [0.2, 0.25) is 0 Å². The lowest BCUT2D eigenvalue weighted by Gasteiger charge is -2.34. The first-order chi connectivity index (χ1) is 27.8. The number of benzene rings is 10. The molecule has 0 fully saturated rings. The minimum atomic E-state index is -0.530. The van der Waals surface area contributed by atoms with Gasteiger partial charge < -0.3 is 4.74 Å². The van der Waals surface area contributed by atoms with Crippen LogP contribution in [0.3, 0.4) is 0 Å². The van der Waals surface area contributed by atoms with E-state index in [9.17, 15) is 0 Å². The summed E-state index contributed by atoms with van der Waals surface area (Å²) in [6.45, 7) is 0. The van der Waals surface area contributed by atoms with Gasteiger partial charge in [0.25, 0.3) is 0 Å². The minimum Gasteiger partial charge on any atom is -0.456 e. The van der Waals surface area contributed by atoms with Crippen LogP contribution in [0.15, 0.2) is 206 Å². The van der Waals surface area contributed by atoms with E-state index in [0.717, 1.165) is 17.1 Å². The van der Waals surface area contributed by atoms with Crippen LogP contribution in [0.5, 0.6) is 11.5 Å². The van der Waals surface area contributed by atoms with Gasteiger partial charge >= 0.3 is 0 Å². The maximum absolute atomic E-state index is 6.51. The molecule has 1 heterocycles. The molecule has 0 amide bonds. The normalized spacial score (nSPS) is 13.3. The largest absolute Gasteiger partial charge is 0.456 e. The van der Waals surface area contributed by atoms with Gasteiger partial charge in [0.15, 0.2) is 0 Å². The summed E-state index contributed by atoms with van der Waals surface area (Å²) < 4.78 is 6.51. The molecule has 1 heteroatoms. The van der Waals surface area contributed by atoms with Crippen LogP contribution < -0.4 is 4.74 Å². The molecule has 0 bridgehead atoms. The summed E-state index contributed by atoms with van der Waals surface area (Å²) in [6, 6.07) is 76.0. The fraction of sp³-hybridized carbons (Fsp3) is 0.0182. The van der Waals surface area contributed by atoms with Crippen molar-refractivity contribution in [2.45, 2.75) is 5.41 Å². The lowest BCUT2D eigenvalue weighted by Crippen LogP contribution is -2.28. The van der Waals surface area contributed by atoms with Crippen molar-refractivity contribution in [3.63, 3.8) is 0 Å². The molecule has 0 saturated heterocycles. The van der Waals surface area contributed by atoms with Gasteiger partial charge in [0, 0.05) is 10.9 Å². The zero-order valence-electron chi connectivity index (χ0n) is 30.5. The number of fused-ring (bicyclic) bond motifs is 8. The summed E-state index contributed by atoms with van der Waals surface area (Å²) in [6.07, 6.45) is 0. The SMILES string of the molecule is c1ccc(C2(c3ccccc3)c3cc(-c4ccc5c(c4)-c4cccc6cccc(c46)O5)ccc3-c3c2ccc2c(-c4ccc5ccccc5c4)cccc32)cc1. The molecule has 2 aliphatic rings. The van der Waals surface area contributed by atoms with Crippen LogP contribution >= 0.6 is 0 Å². The van der Waals surface area contributed by atoms with E-state index in [2.05, 4.69) is 206 Å². The molecular weight excluding hydrogens is 677 g/mol. The lowest BCUT2D eigenvalue weighted by molar-refractivity contribution is 0.487. The third-order valence-corrected chi connectivity index (χ3v) is 12.3. The van der Waals surface area contributed by atoms with Crippen molar-refractivity contribution in [2.24, 2.45) is 0 Å².